The van der Waals surface area contributed by atoms with Crippen LogP contribution in [0.3, 0.4) is 0 Å². The van der Waals surface area contributed by atoms with Gasteiger partial charge >= 0.3 is 0 Å². The van der Waals surface area contributed by atoms with E-state index in [4.69, 9.17) is 9.15 Å². The van der Waals surface area contributed by atoms with Gasteiger partial charge in [-0.2, -0.15) is 5.10 Å². The normalized spacial score (nSPS) is 11.6. The highest BCUT2D eigenvalue weighted by atomic mass is 32.2. The van der Waals surface area contributed by atoms with E-state index in [1.54, 1.807) is 12.1 Å². The largest absolute Gasteiger partial charge is 0.742 e. The van der Waals surface area contributed by atoms with Crippen LogP contribution in [0.5, 0.6) is 5.75 Å². The predicted octanol–water partition coefficient (Wildman–Crippen LogP) is 1.33. The number of nitrogens with one attached hydrogen (secondary N) is 1. The molecule has 0 fully saturated rings. The van der Waals surface area contributed by atoms with E-state index < -0.39 is 21.1 Å². The molecule has 9 heteroatoms. The Morgan fingerprint density at radius 2 is 1.96 bits per heavy atom. The molecule has 0 aliphatic carbocycles. The number of furan rings is 1. The first-order chi connectivity index (χ1) is 11.2. The topological polar surface area (TPSA) is 121 Å². The SMILES string of the molecule is Cc1cc(C)cc(OCC(=O)NN=Cc2ccc(S(=O)(=O)[O-])o2)c1. The molecule has 0 saturated heterocycles. The van der Waals surface area contributed by atoms with Crippen LogP contribution >= 0.6 is 0 Å². The monoisotopic (exact) mass is 351 g/mol. The molecule has 0 radical (unpaired) electrons. The number of benzene rings is 1. The van der Waals surface area contributed by atoms with Crippen molar-refractivity contribution in [1.82, 2.24) is 5.43 Å². The number of rotatable bonds is 6. The molecule has 1 amide bonds. The average molecular weight is 351 g/mol. The number of hydrazone groups is 1. The molecule has 0 bridgehead atoms. The first-order valence-corrected chi connectivity index (χ1v) is 8.23. The first-order valence-electron chi connectivity index (χ1n) is 6.83. The van der Waals surface area contributed by atoms with Crippen LogP contribution in [0.25, 0.3) is 0 Å². The Balaban J connectivity index is 1.85. The van der Waals surface area contributed by atoms with E-state index >= 15 is 0 Å². The molecule has 1 N–H and O–H groups in total. The van der Waals surface area contributed by atoms with E-state index in [0.29, 0.717) is 5.75 Å². The van der Waals surface area contributed by atoms with Crippen molar-refractivity contribution < 1.29 is 26.9 Å². The Labute approximate surface area is 138 Å². The molecule has 0 saturated carbocycles. The van der Waals surface area contributed by atoms with Crippen molar-refractivity contribution in [2.75, 3.05) is 6.61 Å². The zero-order chi connectivity index (χ0) is 17.7. The molecular formula is C15H15N2O6S-. The zero-order valence-electron chi connectivity index (χ0n) is 13.0. The maximum atomic E-state index is 11.6. The summed E-state index contributed by atoms with van der Waals surface area (Å²) in [6.45, 7) is 3.60. The molecular weight excluding hydrogens is 336 g/mol. The van der Waals surface area contributed by atoms with Gasteiger partial charge in [0.2, 0.25) is 5.09 Å². The van der Waals surface area contributed by atoms with Gasteiger partial charge in [-0.15, -0.1) is 0 Å². The molecule has 0 spiro atoms. The summed E-state index contributed by atoms with van der Waals surface area (Å²) in [6.07, 6.45) is 1.07. The molecule has 0 unspecified atom stereocenters. The minimum atomic E-state index is -4.66. The zero-order valence-corrected chi connectivity index (χ0v) is 13.8. The maximum absolute atomic E-state index is 11.6. The van der Waals surface area contributed by atoms with E-state index in [-0.39, 0.29) is 12.4 Å². The molecule has 1 aromatic carbocycles. The Kier molecular flexibility index (Phi) is 5.37. The molecule has 8 nitrogen and oxygen atoms in total. The third-order valence-corrected chi connectivity index (χ3v) is 3.51. The number of amides is 1. The van der Waals surface area contributed by atoms with Gasteiger partial charge in [0.05, 0.1) is 6.21 Å². The molecule has 2 aromatic rings. The highest BCUT2D eigenvalue weighted by molar-refractivity contribution is 7.85. The number of carbonyl (C=O) groups excluding carboxylic acids is 1. The fourth-order valence-electron chi connectivity index (χ4n) is 1.90. The van der Waals surface area contributed by atoms with E-state index in [1.807, 2.05) is 19.9 Å². The van der Waals surface area contributed by atoms with Crippen LogP contribution in [0.2, 0.25) is 0 Å². The fourth-order valence-corrected chi connectivity index (χ4v) is 2.34. The van der Waals surface area contributed by atoms with Gasteiger partial charge in [0.25, 0.3) is 5.91 Å². The summed E-state index contributed by atoms with van der Waals surface area (Å²) in [5.41, 5.74) is 4.23. The lowest BCUT2D eigenvalue weighted by molar-refractivity contribution is -0.123. The fraction of sp³-hybridized carbons (Fsp3) is 0.200. The molecule has 2 rings (SSSR count). The van der Waals surface area contributed by atoms with Crippen LogP contribution in [0.15, 0.2) is 44.9 Å². The van der Waals surface area contributed by atoms with Crippen molar-refractivity contribution in [2.24, 2.45) is 5.10 Å². The average Bonchev–Trinajstić information content (AvgIpc) is 2.93. The summed E-state index contributed by atoms with van der Waals surface area (Å²) >= 11 is 0. The van der Waals surface area contributed by atoms with Gasteiger partial charge < -0.3 is 13.7 Å². The lowest BCUT2D eigenvalue weighted by Crippen LogP contribution is -2.24. The predicted molar refractivity (Wildman–Crippen MR) is 83.8 cm³/mol. The van der Waals surface area contributed by atoms with Crippen LogP contribution in [0.4, 0.5) is 0 Å². The number of hydrogen-bond donors (Lipinski definition) is 1. The van der Waals surface area contributed by atoms with Gasteiger partial charge in [-0.3, -0.25) is 4.79 Å². The first kappa shape index (κ1) is 17.7. The van der Waals surface area contributed by atoms with Crippen LogP contribution in [0.1, 0.15) is 16.9 Å². The van der Waals surface area contributed by atoms with Gasteiger partial charge in [0.15, 0.2) is 16.7 Å². The summed E-state index contributed by atoms with van der Waals surface area (Å²) in [7, 11) is -4.66. The van der Waals surface area contributed by atoms with Crippen LogP contribution in [0, 0.1) is 13.8 Å². The van der Waals surface area contributed by atoms with Crippen molar-refractivity contribution >= 4 is 22.2 Å². The second-order valence-corrected chi connectivity index (χ2v) is 6.33. The van der Waals surface area contributed by atoms with Gasteiger partial charge in [0.1, 0.15) is 11.5 Å². The summed E-state index contributed by atoms with van der Waals surface area (Å²) in [5.74, 6) is 0.0801. The molecule has 0 aliphatic heterocycles. The minimum absolute atomic E-state index is 0.0138. The minimum Gasteiger partial charge on any atom is -0.742 e. The van der Waals surface area contributed by atoms with Crippen LogP contribution in [-0.2, 0) is 14.9 Å². The van der Waals surface area contributed by atoms with Gasteiger partial charge in [0, 0.05) is 0 Å². The summed E-state index contributed by atoms with van der Waals surface area (Å²) in [5, 5.41) is 2.87. The van der Waals surface area contributed by atoms with Gasteiger partial charge in [-0.1, -0.05) is 6.07 Å². The number of ether oxygens (including phenoxy) is 1. The standard InChI is InChI=1S/C15H16N2O6S/c1-10-5-11(2)7-13(6-10)22-9-14(18)17-16-8-12-3-4-15(23-12)24(19,20)21/h3-8H,9H2,1-2H3,(H,17,18)(H,19,20,21)/p-1. The van der Waals surface area contributed by atoms with Gasteiger partial charge in [-0.05, 0) is 49.2 Å². The lowest BCUT2D eigenvalue weighted by atomic mass is 10.1. The summed E-state index contributed by atoms with van der Waals surface area (Å²) in [4.78, 5) is 11.6. The Morgan fingerprint density at radius 1 is 1.29 bits per heavy atom. The van der Waals surface area contributed by atoms with Crippen molar-refractivity contribution in [3.63, 3.8) is 0 Å². The molecule has 24 heavy (non-hydrogen) atoms. The third-order valence-electron chi connectivity index (χ3n) is 2.79. The second kappa shape index (κ2) is 7.28. The third kappa shape index (κ3) is 5.21. The smallest absolute Gasteiger partial charge is 0.277 e. The summed E-state index contributed by atoms with van der Waals surface area (Å²) in [6, 6.07) is 7.84. The van der Waals surface area contributed by atoms with Crippen molar-refractivity contribution in [3.05, 3.63) is 47.2 Å². The van der Waals surface area contributed by atoms with E-state index in [2.05, 4.69) is 10.5 Å². The second-order valence-electron chi connectivity index (χ2n) is 5.02. The number of carbonyl (C=O) groups is 1. The molecule has 128 valence electrons. The van der Waals surface area contributed by atoms with Crippen molar-refractivity contribution in [1.29, 1.82) is 0 Å². The Hall–Kier alpha value is -2.65. The highest BCUT2D eigenvalue weighted by Gasteiger charge is 2.07. The molecule has 0 atom stereocenters. The van der Waals surface area contributed by atoms with Crippen LogP contribution in [-0.4, -0.2) is 31.7 Å². The number of aryl methyl sites for hydroxylation is 2. The molecule has 1 aromatic heterocycles. The maximum Gasteiger partial charge on any atom is 0.277 e. The van der Waals surface area contributed by atoms with Crippen molar-refractivity contribution in [3.8, 4) is 5.75 Å². The number of nitrogens with zero attached hydrogens (tertiary/aromatic N) is 1. The number of hydrogen-bond acceptors (Lipinski definition) is 7. The summed E-state index contributed by atoms with van der Waals surface area (Å²) < 4.78 is 42.3. The van der Waals surface area contributed by atoms with Crippen molar-refractivity contribution in [2.45, 2.75) is 18.9 Å². The highest BCUT2D eigenvalue weighted by Crippen LogP contribution is 2.16. The molecule has 1 heterocycles. The lowest BCUT2D eigenvalue weighted by Gasteiger charge is -2.07. The van der Waals surface area contributed by atoms with E-state index in [0.717, 1.165) is 23.4 Å². The molecule has 0 aliphatic rings. The quantitative estimate of drug-likeness (QED) is 0.476. The van der Waals surface area contributed by atoms with E-state index in [9.17, 15) is 17.8 Å². The van der Waals surface area contributed by atoms with Crippen LogP contribution < -0.4 is 10.2 Å². The van der Waals surface area contributed by atoms with Gasteiger partial charge in [-0.25, -0.2) is 13.8 Å². The Bertz CT molecular complexity index is 850. The Morgan fingerprint density at radius 3 is 2.54 bits per heavy atom. The van der Waals surface area contributed by atoms with E-state index in [1.165, 1.54) is 6.07 Å².